The Morgan fingerprint density at radius 2 is 1.69 bits per heavy atom. The number of nitrogens with zero attached hydrogens (tertiary/aromatic N) is 2. The summed E-state index contributed by atoms with van der Waals surface area (Å²) in [6.07, 6.45) is 0. The van der Waals surface area contributed by atoms with Gasteiger partial charge < -0.3 is 5.32 Å². The van der Waals surface area contributed by atoms with Crippen LogP contribution in [0.4, 0.5) is 5.69 Å². The minimum Gasteiger partial charge on any atom is -0.351 e. The Kier molecular flexibility index (Phi) is 8.22. The van der Waals surface area contributed by atoms with E-state index >= 15 is 0 Å². The molecule has 2 aromatic carbocycles. The quantitative estimate of drug-likeness (QED) is 0.644. The fraction of sp³-hybridized carbons (Fsp3) is 0.409. The van der Waals surface area contributed by atoms with E-state index in [2.05, 4.69) is 31.0 Å². The van der Waals surface area contributed by atoms with E-state index in [0.29, 0.717) is 30.4 Å². The number of hydrogen-bond donors (Lipinski definition) is 1. The zero-order chi connectivity index (χ0) is 21.4. The van der Waals surface area contributed by atoms with Gasteiger partial charge in [0.15, 0.2) is 0 Å². The summed E-state index contributed by atoms with van der Waals surface area (Å²) < 4.78 is 27.6. The molecule has 0 fully saturated rings. The number of nitrogens with one attached hydrogen (secondary N) is 1. The first-order valence-corrected chi connectivity index (χ1v) is 11.4. The van der Waals surface area contributed by atoms with E-state index in [0.717, 1.165) is 13.1 Å². The number of hydrogen-bond acceptors (Lipinski definition) is 4. The summed E-state index contributed by atoms with van der Waals surface area (Å²) in [6, 6.07) is 15.6. The van der Waals surface area contributed by atoms with Crippen LogP contribution in [-0.2, 0) is 10.0 Å². The summed E-state index contributed by atoms with van der Waals surface area (Å²) in [6.45, 7) is 10.6. The molecule has 0 saturated carbocycles. The third-order valence-electron chi connectivity index (χ3n) is 4.84. The average molecular weight is 418 g/mol. The first-order chi connectivity index (χ1) is 13.8. The molecule has 0 atom stereocenters. The maximum absolute atomic E-state index is 13.1. The number of rotatable bonds is 10. The van der Waals surface area contributed by atoms with Gasteiger partial charge in [-0.15, -0.1) is 0 Å². The highest BCUT2D eigenvalue weighted by atomic mass is 32.2. The Bertz CT molecular complexity index is 899. The van der Waals surface area contributed by atoms with Gasteiger partial charge in [0.2, 0.25) is 0 Å². The van der Waals surface area contributed by atoms with Crippen LogP contribution in [-0.4, -0.2) is 51.4 Å². The molecule has 6 nitrogen and oxygen atoms in total. The Labute approximate surface area is 174 Å². The monoisotopic (exact) mass is 417 g/mol. The predicted octanol–water partition coefficient (Wildman–Crippen LogP) is 3.36. The standard InChI is InChI=1S/C22H31N3O3S/c1-5-24(18(3)4)16-15-23-22(26)19-11-10-14-21(17-19)29(27,28)25(6-2)20-12-8-7-9-13-20/h7-14,17-18H,5-6,15-16H2,1-4H3,(H,23,26). The maximum Gasteiger partial charge on any atom is 0.264 e. The van der Waals surface area contributed by atoms with Crippen LogP contribution in [0.15, 0.2) is 59.5 Å². The molecule has 2 rings (SSSR count). The lowest BCUT2D eigenvalue weighted by atomic mass is 10.2. The molecule has 0 aliphatic heterocycles. The number of para-hydroxylation sites is 1. The van der Waals surface area contributed by atoms with Gasteiger partial charge in [-0.3, -0.25) is 14.0 Å². The minimum absolute atomic E-state index is 0.105. The molecular formula is C22H31N3O3S. The van der Waals surface area contributed by atoms with Crippen LogP contribution in [0, 0.1) is 0 Å². The number of carbonyl (C=O) groups excluding carboxylic acids is 1. The second kappa shape index (κ2) is 10.4. The second-order valence-corrected chi connectivity index (χ2v) is 8.87. The SMILES string of the molecule is CCN(CCNC(=O)c1cccc(S(=O)(=O)N(CC)c2ccccc2)c1)C(C)C. The van der Waals surface area contributed by atoms with E-state index in [1.165, 1.54) is 16.4 Å². The number of benzene rings is 2. The minimum atomic E-state index is -3.76. The summed E-state index contributed by atoms with van der Waals surface area (Å²) in [5.74, 6) is -0.274. The number of sulfonamides is 1. The molecule has 0 spiro atoms. The van der Waals surface area contributed by atoms with Crippen LogP contribution in [0.25, 0.3) is 0 Å². The van der Waals surface area contributed by atoms with Crippen molar-refractivity contribution < 1.29 is 13.2 Å². The van der Waals surface area contributed by atoms with Crippen LogP contribution in [0.3, 0.4) is 0 Å². The molecule has 158 valence electrons. The highest BCUT2D eigenvalue weighted by Gasteiger charge is 2.24. The molecule has 2 aromatic rings. The molecule has 1 N–H and O–H groups in total. The van der Waals surface area contributed by atoms with Crippen molar-refractivity contribution in [3.05, 3.63) is 60.2 Å². The van der Waals surface area contributed by atoms with Crippen molar-refractivity contribution in [1.29, 1.82) is 0 Å². The zero-order valence-electron chi connectivity index (χ0n) is 17.6. The average Bonchev–Trinajstić information content (AvgIpc) is 2.72. The van der Waals surface area contributed by atoms with E-state index in [-0.39, 0.29) is 10.8 Å². The first-order valence-electron chi connectivity index (χ1n) is 10.0. The van der Waals surface area contributed by atoms with E-state index in [1.807, 2.05) is 6.07 Å². The Morgan fingerprint density at radius 3 is 2.28 bits per heavy atom. The summed E-state index contributed by atoms with van der Waals surface area (Å²) in [4.78, 5) is 14.9. The fourth-order valence-corrected chi connectivity index (χ4v) is 4.73. The third kappa shape index (κ3) is 5.81. The van der Waals surface area contributed by atoms with Crippen molar-refractivity contribution in [1.82, 2.24) is 10.2 Å². The van der Waals surface area contributed by atoms with Gasteiger partial charge in [0.05, 0.1) is 10.6 Å². The molecule has 0 bridgehead atoms. The van der Waals surface area contributed by atoms with Crippen molar-refractivity contribution in [2.24, 2.45) is 0 Å². The highest BCUT2D eigenvalue weighted by Crippen LogP contribution is 2.23. The fourth-order valence-electron chi connectivity index (χ4n) is 3.21. The van der Waals surface area contributed by atoms with Crippen molar-refractivity contribution in [3.63, 3.8) is 0 Å². The third-order valence-corrected chi connectivity index (χ3v) is 6.74. The van der Waals surface area contributed by atoms with Crippen molar-refractivity contribution in [2.75, 3.05) is 30.5 Å². The molecule has 0 heterocycles. The number of anilines is 1. The molecule has 0 aliphatic rings. The summed E-state index contributed by atoms with van der Waals surface area (Å²) in [5.41, 5.74) is 0.931. The molecule has 29 heavy (non-hydrogen) atoms. The van der Waals surface area contributed by atoms with Crippen molar-refractivity contribution in [3.8, 4) is 0 Å². The van der Waals surface area contributed by atoms with E-state index in [9.17, 15) is 13.2 Å². The van der Waals surface area contributed by atoms with E-state index in [1.54, 1.807) is 43.3 Å². The zero-order valence-corrected chi connectivity index (χ0v) is 18.4. The number of carbonyl (C=O) groups is 1. The molecular weight excluding hydrogens is 386 g/mol. The van der Waals surface area contributed by atoms with Gasteiger partial charge in [-0.25, -0.2) is 8.42 Å². The topological polar surface area (TPSA) is 69.7 Å². The summed E-state index contributed by atoms with van der Waals surface area (Å²) in [7, 11) is -3.76. The molecule has 1 amide bonds. The molecule has 0 unspecified atom stereocenters. The Hall–Kier alpha value is -2.38. The van der Waals surface area contributed by atoms with E-state index < -0.39 is 10.0 Å². The van der Waals surface area contributed by atoms with Crippen LogP contribution in [0.2, 0.25) is 0 Å². The maximum atomic E-state index is 13.1. The van der Waals surface area contributed by atoms with Crippen LogP contribution in [0.1, 0.15) is 38.1 Å². The normalized spacial score (nSPS) is 11.7. The van der Waals surface area contributed by atoms with Gasteiger partial charge in [-0.1, -0.05) is 31.2 Å². The molecule has 7 heteroatoms. The van der Waals surface area contributed by atoms with Gasteiger partial charge in [0.25, 0.3) is 15.9 Å². The van der Waals surface area contributed by atoms with Crippen LogP contribution < -0.4 is 9.62 Å². The molecule has 0 saturated heterocycles. The number of likely N-dealkylation sites (N-methyl/N-ethyl adjacent to an activating group) is 1. The highest BCUT2D eigenvalue weighted by molar-refractivity contribution is 7.92. The van der Waals surface area contributed by atoms with E-state index in [4.69, 9.17) is 0 Å². The van der Waals surface area contributed by atoms with Crippen molar-refractivity contribution >= 4 is 21.6 Å². The smallest absolute Gasteiger partial charge is 0.264 e. The van der Waals surface area contributed by atoms with Gasteiger partial charge in [-0.2, -0.15) is 0 Å². The van der Waals surface area contributed by atoms with Crippen LogP contribution in [0.5, 0.6) is 0 Å². The van der Waals surface area contributed by atoms with Crippen LogP contribution >= 0.6 is 0 Å². The number of amides is 1. The molecule has 0 radical (unpaired) electrons. The lowest BCUT2D eigenvalue weighted by molar-refractivity contribution is 0.0945. The Balaban J connectivity index is 2.16. The lowest BCUT2D eigenvalue weighted by Gasteiger charge is -2.24. The van der Waals surface area contributed by atoms with Gasteiger partial charge in [0, 0.05) is 31.2 Å². The molecule has 0 aromatic heterocycles. The second-order valence-electron chi connectivity index (χ2n) is 7.01. The predicted molar refractivity (Wildman–Crippen MR) is 118 cm³/mol. The van der Waals surface area contributed by atoms with Gasteiger partial charge >= 0.3 is 0 Å². The lowest BCUT2D eigenvalue weighted by Crippen LogP contribution is -2.38. The van der Waals surface area contributed by atoms with Gasteiger partial charge in [-0.05, 0) is 57.6 Å². The molecule has 0 aliphatic carbocycles. The largest absolute Gasteiger partial charge is 0.351 e. The first kappa shape index (κ1) is 22.9. The van der Waals surface area contributed by atoms with Gasteiger partial charge in [0.1, 0.15) is 0 Å². The Morgan fingerprint density at radius 1 is 1.00 bits per heavy atom. The van der Waals surface area contributed by atoms with Crippen molar-refractivity contribution in [2.45, 2.75) is 38.6 Å². The summed E-state index contributed by atoms with van der Waals surface area (Å²) >= 11 is 0. The summed E-state index contributed by atoms with van der Waals surface area (Å²) in [5, 5.41) is 2.88.